The summed E-state index contributed by atoms with van der Waals surface area (Å²) in [6.45, 7) is 15.1. The molecule has 3 saturated carbocycles. The highest BCUT2D eigenvalue weighted by Crippen LogP contribution is 2.66. The van der Waals surface area contributed by atoms with E-state index in [0.717, 1.165) is 54.3 Å². The first-order valence-electron chi connectivity index (χ1n) is 13.6. The van der Waals surface area contributed by atoms with Gasteiger partial charge < -0.3 is 5.11 Å². The number of aliphatic hydroxyl groups is 1. The van der Waals surface area contributed by atoms with Crippen molar-refractivity contribution >= 4 is 0 Å². The minimum absolute atomic E-state index is 0.0384. The molecule has 0 amide bonds. The molecule has 172 valence electrons. The highest BCUT2D eigenvalue weighted by molar-refractivity contribution is 5.29. The van der Waals surface area contributed by atoms with Crippen molar-refractivity contribution in [2.24, 2.45) is 52.3 Å². The van der Waals surface area contributed by atoms with Gasteiger partial charge in [-0.05, 0) is 110 Å². The van der Waals surface area contributed by atoms with E-state index in [9.17, 15) is 5.11 Å². The first kappa shape index (κ1) is 22.9. The molecule has 4 rings (SSSR count). The van der Waals surface area contributed by atoms with Crippen LogP contribution in [0.5, 0.6) is 0 Å². The maximum atomic E-state index is 10.3. The zero-order valence-electron chi connectivity index (χ0n) is 20.9. The number of allylic oxidation sites excluding steroid dienone is 2. The second kappa shape index (κ2) is 8.57. The molecular weight excluding hydrogens is 364 g/mol. The van der Waals surface area contributed by atoms with Crippen molar-refractivity contribution < 1.29 is 5.11 Å². The molecule has 3 fully saturated rings. The second-order valence-electron chi connectivity index (χ2n) is 12.9. The van der Waals surface area contributed by atoms with Crippen molar-refractivity contribution in [1.29, 1.82) is 0 Å². The van der Waals surface area contributed by atoms with Crippen molar-refractivity contribution in [1.82, 2.24) is 0 Å². The molecule has 30 heavy (non-hydrogen) atoms. The van der Waals surface area contributed by atoms with E-state index in [1.165, 1.54) is 57.8 Å². The maximum absolute atomic E-state index is 10.3. The van der Waals surface area contributed by atoms with Gasteiger partial charge >= 0.3 is 0 Å². The van der Waals surface area contributed by atoms with E-state index in [1.54, 1.807) is 0 Å². The zero-order chi connectivity index (χ0) is 21.7. The summed E-state index contributed by atoms with van der Waals surface area (Å²) in [5, 5.41) is 10.3. The fourth-order valence-electron chi connectivity index (χ4n) is 9.16. The Balaban J connectivity index is 1.49. The molecule has 0 unspecified atom stereocenters. The Morgan fingerprint density at radius 3 is 2.50 bits per heavy atom. The van der Waals surface area contributed by atoms with Crippen molar-refractivity contribution in [3.05, 3.63) is 11.6 Å². The van der Waals surface area contributed by atoms with E-state index >= 15 is 0 Å². The molecule has 0 aliphatic heterocycles. The summed E-state index contributed by atoms with van der Waals surface area (Å²) in [5.41, 5.74) is 2.76. The highest BCUT2D eigenvalue weighted by Gasteiger charge is 2.57. The van der Waals surface area contributed by atoms with Crippen LogP contribution >= 0.6 is 0 Å². The van der Waals surface area contributed by atoms with E-state index in [1.807, 2.05) is 5.57 Å². The van der Waals surface area contributed by atoms with Gasteiger partial charge in [0.15, 0.2) is 0 Å². The Labute approximate surface area is 187 Å². The van der Waals surface area contributed by atoms with Crippen molar-refractivity contribution in [2.45, 2.75) is 118 Å². The Morgan fingerprint density at radius 1 is 1.03 bits per heavy atom. The fourth-order valence-corrected chi connectivity index (χ4v) is 9.16. The third-order valence-electron chi connectivity index (χ3n) is 11.2. The van der Waals surface area contributed by atoms with Gasteiger partial charge in [0.1, 0.15) is 0 Å². The molecule has 0 aromatic rings. The van der Waals surface area contributed by atoms with Crippen LogP contribution in [0.4, 0.5) is 0 Å². The summed E-state index contributed by atoms with van der Waals surface area (Å²) < 4.78 is 0. The molecular formula is C29H50O. The number of aliphatic hydroxyl groups excluding tert-OH is 1. The molecule has 0 heterocycles. The lowest BCUT2D eigenvalue weighted by molar-refractivity contribution is -0.0160. The zero-order valence-corrected chi connectivity index (χ0v) is 20.9. The second-order valence-corrected chi connectivity index (χ2v) is 12.9. The molecule has 9 atom stereocenters. The first-order chi connectivity index (χ1) is 14.2. The minimum atomic E-state index is -0.0384. The normalized spacial score (nSPS) is 45.3. The molecule has 1 N–H and O–H groups in total. The molecule has 0 aromatic carbocycles. The number of rotatable bonds is 6. The van der Waals surface area contributed by atoms with Crippen LogP contribution in [0, 0.1) is 52.3 Å². The summed E-state index contributed by atoms with van der Waals surface area (Å²) >= 11 is 0. The van der Waals surface area contributed by atoms with Crippen LogP contribution in [0.2, 0.25) is 0 Å². The van der Waals surface area contributed by atoms with Gasteiger partial charge in [0.05, 0.1) is 6.10 Å². The Hall–Kier alpha value is -0.300. The monoisotopic (exact) mass is 414 g/mol. The van der Waals surface area contributed by atoms with Crippen molar-refractivity contribution in [2.75, 3.05) is 0 Å². The summed E-state index contributed by atoms with van der Waals surface area (Å²) in [6.07, 6.45) is 17.2. The summed E-state index contributed by atoms with van der Waals surface area (Å²) in [7, 11) is 0. The van der Waals surface area contributed by atoms with E-state index in [4.69, 9.17) is 0 Å². The van der Waals surface area contributed by atoms with Gasteiger partial charge in [-0.3, -0.25) is 0 Å². The predicted octanol–water partition coefficient (Wildman–Crippen LogP) is 8.02. The maximum Gasteiger partial charge on any atom is 0.0543 e. The van der Waals surface area contributed by atoms with E-state index in [0.29, 0.717) is 10.8 Å². The molecule has 1 heteroatoms. The molecule has 0 aromatic heterocycles. The molecule has 1 nitrogen and oxygen atoms in total. The quantitative estimate of drug-likeness (QED) is 0.436. The fraction of sp³-hybridized carbons (Fsp3) is 0.931. The molecule has 0 bridgehead atoms. The van der Waals surface area contributed by atoms with Crippen LogP contribution in [0.1, 0.15) is 112 Å². The van der Waals surface area contributed by atoms with Gasteiger partial charge in [-0.15, -0.1) is 0 Å². The lowest BCUT2D eigenvalue weighted by atomic mass is 9.48. The van der Waals surface area contributed by atoms with Crippen LogP contribution in [0.25, 0.3) is 0 Å². The number of hydrogen-bond acceptors (Lipinski definition) is 1. The molecule has 4 aliphatic carbocycles. The average molecular weight is 415 g/mol. The van der Waals surface area contributed by atoms with Crippen LogP contribution in [0.15, 0.2) is 11.6 Å². The molecule has 4 aliphatic rings. The standard InChI is InChI=1S/C29H50O/c1-7-21(19(2)3)9-8-20(4)25-12-13-26-24-11-10-22-18-23(30)14-16-28(22,5)27(24)15-17-29(25,26)6/h15,19-26,30H,7-14,16-18H2,1-6H3/t20-,21+,22-,23-,24+,25-,26-,28-,29-/m1/s1. The highest BCUT2D eigenvalue weighted by atomic mass is 16.3. The summed E-state index contributed by atoms with van der Waals surface area (Å²) in [4.78, 5) is 0. The van der Waals surface area contributed by atoms with Crippen LogP contribution in [-0.2, 0) is 0 Å². The number of hydrogen-bond donors (Lipinski definition) is 1. The van der Waals surface area contributed by atoms with E-state index < -0.39 is 0 Å². The Bertz CT molecular complexity index is 634. The summed E-state index contributed by atoms with van der Waals surface area (Å²) in [6, 6.07) is 0. The van der Waals surface area contributed by atoms with Gasteiger partial charge in [0.25, 0.3) is 0 Å². The SMILES string of the molecule is CC[C@@H](CC[C@@H](C)[C@H]1CC[C@@H]2[C@@H]3CC[C@@H]4C[C@H](O)CC[C@@]4(C)C3=CC[C@]12C)C(C)C. The van der Waals surface area contributed by atoms with Crippen LogP contribution < -0.4 is 0 Å². The van der Waals surface area contributed by atoms with Crippen molar-refractivity contribution in [3.8, 4) is 0 Å². The average Bonchev–Trinajstić information content (AvgIpc) is 3.06. The van der Waals surface area contributed by atoms with Crippen molar-refractivity contribution in [3.63, 3.8) is 0 Å². The molecule has 0 spiro atoms. The van der Waals surface area contributed by atoms with Gasteiger partial charge in [-0.2, -0.15) is 0 Å². The molecule has 0 radical (unpaired) electrons. The van der Waals surface area contributed by atoms with Gasteiger partial charge in [0, 0.05) is 0 Å². The minimum Gasteiger partial charge on any atom is -0.393 e. The van der Waals surface area contributed by atoms with Crippen LogP contribution in [-0.4, -0.2) is 11.2 Å². The third-order valence-corrected chi connectivity index (χ3v) is 11.2. The Kier molecular flexibility index (Phi) is 6.53. The largest absolute Gasteiger partial charge is 0.393 e. The Morgan fingerprint density at radius 2 is 1.80 bits per heavy atom. The molecule has 0 saturated heterocycles. The lowest BCUT2D eigenvalue weighted by Crippen LogP contribution is -2.48. The topological polar surface area (TPSA) is 20.2 Å². The van der Waals surface area contributed by atoms with Crippen LogP contribution in [0.3, 0.4) is 0 Å². The lowest BCUT2D eigenvalue weighted by Gasteiger charge is -2.57. The number of fused-ring (bicyclic) bond motifs is 5. The van der Waals surface area contributed by atoms with Gasteiger partial charge in [-0.1, -0.05) is 66.0 Å². The third kappa shape index (κ3) is 3.74. The van der Waals surface area contributed by atoms with Gasteiger partial charge in [0.2, 0.25) is 0 Å². The van der Waals surface area contributed by atoms with Gasteiger partial charge in [-0.25, -0.2) is 0 Å². The summed E-state index contributed by atoms with van der Waals surface area (Å²) in [5.74, 6) is 6.03. The predicted molar refractivity (Wildman–Crippen MR) is 128 cm³/mol. The van der Waals surface area contributed by atoms with E-state index in [-0.39, 0.29) is 6.10 Å². The first-order valence-corrected chi connectivity index (χ1v) is 13.6. The smallest absolute Gasteiger partial charge is 0.0543 e. The van der Waals surface area contributed by atoms with E-state index in [2.05, 4.69) is 47.6 Å².